The first-order valence-electron chi connectivity index (χ1n) is 13.4. The number of hydrogen-bond donors (Lipinski definition) is 3. The standard InChI is InChI=1S/C30H33N5O3S/c1-34-15-17-35(18-16-34)20-21-7-9-23(10-8-21)31-29(22-5-3-2-4-6-22)28-26-19-24(11-14-27(26)32-30(28)36)33-39(37,38)25-12-13-25/h2-11,14,19,25,32-33,36H,12-13,15-18,20H2,1H3. The Morgan fingerprint density at radius 3 is 2.41 bits per heavy atom. The zero-order chi connectivity index (χ0) is 27.0. The summed E-state index contributed by atoms with van der Waals surface area (Å²) in [5.74, 6) is -0.0125. The molecular formula is C30H33N5O3S. The molecule has 1 aliphatic heterocycles. The molecule has 1 saturated carbocycles. The van der Waals surface area contributed by atoms with E-state index in [1.54, 1.807) is 18.2 Å². The number of anilines is 1. The van der Waals surface area contributed by atoms with Crippen molar-refractivity contribution in [2.45, 2.75) is 24.6 Å². The molecule has 0 bridgehead atoms. The fraction of sp³-hybridized carbons (Fsp3) is 0.300. The molecule has 1 saturated heterocycles. The Morgan fingerprint density at radius 2 is 1.72 bits per heavy atom. The van der Waals surface area contributed by atoms with E-state index in [4.69, 9.17) is 4.99 Å². The van der Waals surface area contributed by atoms with Crippen LogP contribution in [0, 0.1) is 0 Å². The van der Waals surface area contributed by atoms with Gasteiger partial charge in [-0.2, -0.15) is 0 Å². The van der Waals surface area contributed by atoms with Gasteiger partial charge in [0, 0.05) is 54.9 Å². The Bertz CT molecular complexity index is 1600. The van der Waals surface area contributed by atoms with E-state index in [0.29, 0.717) is 40.7 Å². The second kappa shape index (κ2) is 10.5. The number of aromatic hydroxyl groups is 1. The van der Waals surface area contributed by atoms with Crippen LogP contribution in [-0.2, 0) is 16.6 Å². The topological polar surface area (TPSA) is 101 Å². The van der Waals surface area contributed by atoms with Crippen LogP contribution >= 0.6 is 0 Å². The van der Waals surface area contributed by atoms with Gasteiger partial charge >= 0.3 is 0 Å². The fourth-order valence-electron chi connectivity index (χ4n) is 5.04. The van der Waals surface area contributed by atoms with E-state index in [0.717, 1.165) is 44.0 Å². The van der Waals surface area contributed by atoms with Crippen LogP contribution in [0.15, 0.2) is 77.8 Å². The second-order valence-electron chi connectivity index (χ2n) is 10.5. The molecule has 4 aromatic rings. The number of aliphatic imine (C=N–C) groups is 1. The number of aromatic nitrogens is 1. The number of benzene rings is 3. The van der Waals surface area contributed by atoms with Crippen LogP contribution in [0.1, 0.15) is 29.5 Å². The van der Waals surface area contributed by atoms with Gasteiger partial charge in [-0.05, 0) is 55.8 Å². The molecule has 9 heteroatoms. The van der Waals surface area contributed by atoms with Gasteiger partial charge in [-0.15, -0.1) is 0 Å². The van der Waals surface area contributed by atoms with Gasteiger partial charge in [0.25, 0.3) is 0 Å². The van der Waals surface area contributed by atoms with Gasteiger partial charge in [0.15, 0.2) is 5.88 Å². The van der Waals surface area contributed by atoms with Crippen molar-refractivity contribution >= 4 is 38.0 Å². The number of likely N-dealkylation sites (N-methyl/N-ethyl adjacent to an activating group) is 1. The highest BCUT2D eigenvalue weighted by Crippen LogP contribution is 2.35. The van der Waals surface area contributed by atoms with Crippen molar-refractivity contribution in [1.29, 1.82) is 0 Å². The largest absolute Gasteiger partial charge is 0.494 e. The first-order chi connectivity index (χ1) is 18.9. The summed E-state index contributed by atoms with van der Waals surface area (Å²) in [4.78, 5) is 12.9. The third kappa shape index (κ3) is 5.71. The average Bonchev–Trinajstić information content (AvgIpc) is 3.75. The minimum atomic E-state index is -3.41. The molecule has 1 aliphatic carbocycles. The molecule has 1 aromatic heterocycles. The molecule has 2 fully saturated rings. The summed E-state index contributed by atoms with van der Waals surface area (Å²) in [6.07, 6.45) is 1.37. The first kappa shape index (κ1) is 25.6. The fourth-order valence-corrected chi connectivity index (χ4v) is 6.42. The zero-order valence-corrected chi connectivity index (χ0v) is 22.8. The quantitative estimate of drug-likeness (QED) is 0.280. The molecule has 2 heterocycles. The van der Waals surface area contributed by atoms with Crippen LogP contribution in [-0.4, -0.2) is 72.5 Å². The summed E-state index contributed by atoms with van der Waals surface area (Å²) in [6.45, 7) is 5.20. The Hall–Kier alpha value is -3.66. The lowest BCUT2D eigenvalue weighted by Crippen LogP contribution is -2.43. The molecule has 3 aromatic carbocycles. The predicted octanol–water partition coefficient (Wildman–Crippen LogP) is 4.69. The van der Waals surface area contributed by atoms with Crippen LogP contribution in [0.25, 0.3) is 10.9 Å². The molecule has 0 unspecified atom stereocenters. The van der Waals surface area contributed by atoms with Gasteiger partial charge in [-0.25, -0.2) is 13.4 Å². The first-order valence-corrected chi connectivity index (χ1v) is 14.9. The number of H-pyrrole nitrogens is 1. The highest BCUT2D eigenvalue weighted by atomic mass is 32.2. The Labute approximate surface area is 229 Å². The van der Waals surface area contributed by atoms with E-state index >= 15 is 0 Å². The summed E-state index contributed by atoms with van der Waals surface area (Å²) in [6, 6.07) is 23.2. The number of rotatable bonds is 8. The second-order valence-corrected chi connectivity index (χ2v) is 12.5. The van der Waals surface area contributed by atoms with Crippen molar-refractivity contribution in [3.05, 3.63) is 89.5 Å². The molecule has 0 radical (unpaired) electrons. The third-order valence-corrected chi connectivity index (χ3v) is 9.33. The summed E-state index contributed by atoms with van der Waals surface area (Å²) < 4.78 is 27.8. The number of aromatic amines is 1. The Kier molecular flexibility index (Phi) is 6.88. The van der Waals surface area contributed by atoms with Crippen molar-refractivity contribution < 1.29 is 13.5 Å². The number of sulfonamides is 1. The maximum atomic E-state index is 12.6. The van der Waals surface area contributed by atoms with E-state index in [2.05, 4.69) is 38.7 Å². The zero-order valence-electron chi connectivity index (χ0n) is 22.0. The summed E-state index contributed by atoms with van der Waals surface area (Å²) in [5.41, 5.74) is 5.16. The number of nitrogens with one attached hydrogen (secondary N) is 2. The highest BCUT2D eigenvalue weighted by molar-refractivity contribution is 7.93. The van der Waals surface area contributed by atoms with Gasteiger partial charge < -0.3 is 15.0 Å². The molecule has 2 aliphatic rings. The molecule has 6 rings (SSSR count). The normalized spacial score (nSPS) is 17.5. The number of fused-ring (bicyclic) bond motifs is 1. The maximum absolute atomic E-state index is 12.6. The molecule has 0 atom stereocenters. The van der Waals surface area contributed by atoms with Crippen LogP contribution in [0.5, 0.6) is 5.88 Å². The van der Waals surface area contributed by atoms with Gasteiger partial charge in [0.1, 0.15) is 0 Å². The minimum absolute atomic E-state index is 0.0125. The van der Waals surface area contributed by atoms with Crippen LogP contribution in [0.4, 0.5) is 11.4 Å². The van der Waals surface area contributed by atoms with Crippen LogP contribution < -0.4 is 4.72 Å². The van der Waals surface area contributed by atoms with Crippen molar-refractivity contribution in [1.82, 2.24) is 14.8 Å². The van der Waals surface area contributed by atoms with Gasteiger partial charge in [0.05, 0.1) is 22.2 Å². The molecule has 0 spiro atoms. The Balaban J connectivity index is 1.35. The lowest BCUT2D eigenvalue weighted by Gasteiger charge is -2.32. The Morgan fingerprint density at radius 1 is 1.00 bits per heavy atom. The van der Waals surface area contributed by atoms with Crippen molar-refractivity contribution in [3.8, 4) is 5.88 Å². The smallest absolute Gasteiger partial charge is 0.235 e. The molecule has 39 heavy (non-hydrogen) atoms. The lowest BCUT2D eigenvalue weighted by atomic mass is 10.0. The SMILES string of the molecule is CN1CCN(Cc2ccc(N=C(c3ccccc3)c3c(O)[nH]c4ccc(NS(=O)(=O)C5CC5)cc34)cc2)CC1. The van der Waals surface area contributed by atoms with E-state index in [-0.39, 0.29) is 11.1 Å². The summed E-state index contributed by atoms with van der Waals surface area (Å²) >= 11 is 0. The number of hydrogen-bond acceptors (Lipinski definition) is 6. The van der Waals surface area contributed by atoms with E-state index < -0.39 is 10.0 Å². The van der Waals surface area contributed by atoms with Gasteiger partial charge in [0.2, 0.25) is 10.0 Å². The monoisotopic (exact) mass is 543 g/mol. The van der Waals surface area contributed by atoms with Gasteiger partial charge in [-0.3, -0.25) is 9.62 Å². The minimum Gasteiger partial charge on any atom is -0.494 e. The van der Waals surface area contributed by atoms with Crippen molar-refractivity contribution in [2.75, 3.05) is 37.9 Å². The van der Waals surface area contributed by atoms with Crippen LogP contribution in [0.3, 0.4) is 0 Å². The highest BCUT2D eigenvalue weighted by Gasteiger charge is 2.35. The maximum Gasteiger partial charge on any atom is 0.235 e. The van der Waals surface area contributed by atoms with E-state index in [1.807, 2.05) is 42.5 Å². The number of piperazine rings is 1. The van der Waals surface area contributed by atoms with E-state index in [9.17, 15) is 13.5 Å². The summed E-state index contributed by atoms with van der Waals surface area (Å²) in [5, 5.41) is 11.4. The lowest BCUT2D eigenvalue weighted by molar-refractivity contribution is 0.148. The molecule has 202 valence electrons. The molecular weight excluding hydrogens is 510 g/mol. The number of nitrogens with zero attached hydrogens (tertiary/aromatic N) is 3. The molecule has 8 nitrogen and oxygen atoms in total. The summed E-state index contributed by atoms with van der Waals surface area (Å²) in [7, 11) is -1.25. The predicted molar refractivity (Wildman–Crippen MR) is 156 cm³/mol. The van der Waals surface area contributed by atoms with Gasteiger partial charge in [-0.1, -0.05) is 42.5 Å². The van der Waals surface area contributed by atoms with Crippen LogP contribution in [0.2, 0.25) is 0 Å². The van der Waals surface area contributed by atoms with Crippen molar-refractivity contribution in [2.24, 2.45) is 4.99 Å². The molecule has 0 amide bonds. The van der Waals surface area contributed by atoms with E-state index in [1.165, 1.54) is 5.56 Å². The average molecular weight is 544 g/mol. The van der Waals surface area contributed by atoms with Crippen molar-refractivity contribution in [3.63, 3.8) is 0 Å². The molecule has 3 N–H and O–H groups in total. The third-order valence-electron chi connectivity index (χ3n) is 7.47.